The second kappa shape index (κ2) is 7.12. The summed E-state index contributed by atoms with van der Waals surface area (Å²) in [5, 5.41) is 2.61. The van der Waals surface area contributed by atoms with Gasteiger partial charge in [-0.15, -0.1) is 0 Å². The van der Waals surface area contributed by atoms with Gasteiger partial charge in [0.15, 0.2) is 6.61 Å². The van der Waals surface area contributed by atoms with Gasteiger partial charge in [-0.3, -0.25) is 4.79 Å². The molecule has 0 fully saturated rings. The van der Waals surface area contributed by atoms with Crippen molar-refractivity contribution in [2.75, 3.05) is 24.8 Å². The summed E-state index contributed by atoms with van der Waals surface area (Å²) in [7, 11) is 1.53. The Hall–Kier alpha value is -3.02. The minimum atomic E-state index is -0.640. The molecular weight excluding hydrogens is 284 g/mol. The molecule has 114 valence electrons. The van der Waals surface area contributed by atoms with E-state index in [4.69, 9.17) is 15.2 Å². The van der Waals surface area contributed by atoms with Crippen LogP contribution in [0.3, 0.4) is 0 Å². The van der Waals surface area contributed by atoms with Crippen molar-refractivity contribution in [3.05, 3.63) is 54.1 Å². The molecule has 22 heavy (non-hydrogen) atoms. The molecule has 0 atom stereocenters. The van der Waals surface area contributed by atoms with Crippen molar-refractivity contribution in [3.63, 3.8) is 0 Å². The number of hydrogen-bond donors (Lipinski definition) is 2. The van der Waals surface area contributed by atoms with Gasteiger partial charge in [0.1, 0.15) is 5.75 Å². The number of carbonyl (C=O) groups is 2. The number of carbonyl (C=O) groups excluding carboxylic acids is 2. The van der Waals surface area contributed by atoms with Crippen LogP contribution >= 0.6 is 0 Å². The lowest BCUT2D eigenvalue weighted by Gasteiger charge is -2.08. The monoisotopic (exact) mass is 300 g/mol. The summed E-state index contributed by atoms with van der Waals surface area (Å²) in [6, 6.07) is 13.4. The molecule has 3 N–H and O–H groups in total. The molecule has 0 spiro atoms. The van der Waals surface area contributed by atoms with E-state index in [0.717, 1.165) is 0 Å². The van der Waals surface area contributed by atoms with E-state index in [1.165, 1.54) is 13.2 Å². The van der Waals surface area contributed by atoms with Crippen LogP contribution < -0.4 is 15.8 Å². The second-order valence-electron chi connectivity index (χ2n) is 4.44. The zero-order valence-corrected chi connectivity index (χ0v) is 12.0. The summed E-state index contributed by atoms with van der Waals surface area (Å²) in [6.07, 6.45) is 0. The third-order valence-corrected chi connectivity index (χ3v) is 2.87. The quantitative estimate of drug-likeness (QED) is 0.651. The summed E-state index contributed by atoms with van der Waals surface area (Å²) < 4.78 is 9.99. The van der Waals surface area contributed by atoms with Gasteiger partial charge in [0, 0.05) is 17.4 Å². The lowest BCUT2D eigenvalue weighted by molar-refractivity contribution is -0.119. The molecular formula is C16H16N2O4. The Bertz CT molecular complexity index is 685. The van der Waals surface area contributed by atoms with Crippen LogP contribution in [0.5, 0.6) is 5.75 Å². The molecule has 0 aromatic heterocycles. The highest BCUT2D eigenvalue weighted by Crippen LogP contribution is 2.16. The number of ether oxygens (including phenoxy) is 2. The van der Waals surface area contributed by atoms with Crippen LogP contribution in [0.2, 0.25) is 0 Å². The number of nitrogens with two attached hydrogens (primary N) is 1. The molecule has 0 heterocycles. The third-order valence-electron chi connectivity index (χ3n) is 2.87. The predicted molar refractivity (Wildman–Crippen MR) is 82.8 cm³/mol. The molecule has 0 radical (unpaired) electrons. The Morgan fingerprint density at radius 1 is 1.14 bits per heavy atom. The molecule has 0 aliphatic heterocycles. The van der Waals surface area contributed by atoms with Crippen LogP contribution in [-0.4, -0.2) is 25.6 Å². The number of rotatable bonds is 5. The number of anilines is 2. The fraction of sp³-hybridized carbons (Fsp3) is 0.125. The lowest BCUT2D eigenvalue weighted by Crippen LogP contribution is -2.21. The van der Waals surface area contributed by atoms with Gasteiger partial charge in [0.2, 0.25) is 0 Å². The predicted octanol–water partition coefficient (Wildman–Crippen LogP) is 2.07. The Kier molecular flexibility index (Phi) is 4.98. The van der Waals surface area contributed by atoms with Crippen LogP contribution in [0.1, 0.15) is 10.4 Å². The van der Waals surface area contributed by atoms with E-state index in [-0.39, 0.29) is 5.56 Å². The van der Waals surface area contributed by atoms with Gasteiger partial charge in [-0.2, -0.15) is 0 Å². The largest absolute Gasteiger partial charge is 0.497 e. The molecule has 2 rings (SSSR count). The molecule has 2 aromatic carbocycles. The maximum absolute atomic E-state index is 11.8. The van der Waals surface area contributed by atoms with Crippen molar-refractivity contribution in [1.82, 2.24) is 0 Å². The summed E-state index contributed by atoms with van der Waals surface area (Å²) >= 11 is 0. The number of nitrogens with one attached hydrogen (secondary N) is 1. The summed E-state index contributed by atoms with van der Waals surface area (Å²) in [5.41, 5.74) is 6.76. The Morgan fingerprint density at radius 3 is 2.64 bits per heavy atom. The fourth-order valence-electron chi connectivity index (χ4n) is 1.79. The molecule has 0 unspecified atom stereocenters. The lowest BCUT2D eigenvalue weighted by atomic mass is 10.2. The standard InChI is InChI=1S/C16H16N2O4/c1-21-12-6-4-5-11(9-12)18-15(19)10-22-16(20)13-7-2-3-8-14(13)17/h2-9H,10,17H2,1H3,(H,18,19). The topological polar surface area (TPSA) is 90.6 Å². The van der Waals surface area contributed by atoms with Gasteiger partial charge in [0.05, 0.1) is 12.7 Å². The molecule has 0 aliphatic carbocycles. The Balaban J connectivity index is 1.90. The molecule has 0 saturated carbocycles. The van der Waals surface area contributed by atoms with Crippen molar-refractivity contribution >= 4 is 23.3 Å². The second-order valence-corrected chi connectivity index (χ2v) is 4.44. The van der Waals surface area contributed by atoms with Gasteiger partial charge in [0.25, 0.3) is 5.91 Å². The van der Waals surface area contributed by atoms with Gasteiger partial charge in [-0.1, -0.05) is 18.2 Å². The summed E-state index contributed by atoms with van der Waals surface area (Å²) in [4.78, 5) is 23.6. The van der Waals surface area contributed by atoms with Crippen LogP contribution in [0.15, 0.2) is 48.5 Å². The first-order valence-corrected chi connectivity index (χ1v) is 6.55. The first kappa shape index (κ1) is 15.4. The number of benzene rings is 2. The maximum Gasteiger partial charge on any atom is 0.340 e. The average Bonchev–Trinajstić information content (AvgIpc) is 2.53. The van der Waals surface area contributed by atoms with E-state index in [1.807, 2.05) is 0 Å². The van der Waals surface area contributed by atoms with Crippen LogP contribution in [0.4, 0.5) is 11.4 Å². The van der Waals surface area contributed by atoms with Crippen molar-refractivity contribution in [3.8, 4) is 5.75 Å². The zero-order valence-electron chi connectivity index (χ0n) is 12.0. The molecule has 0 saturated heterocycles. The molecule has 2 aromatic rings. The van der Waals surface area contributed by atoms with Crippen molar-refractivity contribution in [2.45, 2.75) is 0 Å². The van der Waals surface area contributed by atoms with Crippen molar-refractivity contribution in [1.29, 1.82) is 0 Å². The number of methoxy groups -OCH3 is 1. The number of nitrogen functional groups attached to an aromatic ring is 1. The van der Waals surface area contributed by atoms with E-state index in [2.05, 4.69) is 5.32 Å². The molecule has 6 heteroatoms. The van der Waals surface area contributed by atoms with Crippen LogP contribution in [0, 0.1) is 0 Å². The van der Waals surface area contributed by atoms with Gasteiger partial charge in [-0.25, -0.2) is 4.79 Å². The Labute approximate surface area is 127 Å². The highest BCUT2D eigenvalue weighted by atomic mass is 16.5. The van der Waals surface area contributed by atoms with Gasteiger partial charge in [-0.05, 0) is 24.3 Å². The zero-order chi connectivity index (χ0) is 15.9. The normalized spacial score (nSPS) is 9.86. The first-order valence-electron chi connectivity index (χ1n) is 6.55. The van der Waals surface area contributed by atoms with Crippen molar-refractivity contribution in [2.24, 2.45) is 0 Å². The van der Waals surface area contributed by atoms with E-state index in [0.29, 0.717) is 17.1 Å². The molecule has 0 aliphatic rings. The number of esters is 1. The SMILES string of the molecule is COc1cccc(NC(=O)COC(=O)c2ccccc2N)c1. The summed E-state index contributed by atoms with van der Waals surface area (Å²) in [6.45, 7) is -0.398. The van der Waals surface area contributed by atoms with Gasteiger partial charge < -0.3 is 20.5 Å². The van der Waals surface area contributed by atoms with E-state index < -0.39 is 18.5 Å². The van der Waals surface area contributed by atoms with E-state index in [9.17, 15) is 9.59 Å². The average molecular weight is 300 g/mol. The third kappa shape index (κ3) is 3.99. The highest BCUT2D eigenvalue weighted by Gasteiger charge is 2.12. The van der Waals surface area contributed by atoms with Crippen molar-refractivity contribution < 1.29 is 19.1 Å². The molecule has 6 nitrogen and oxygen atoms in total. The fourth-order valence-corrected chi connectivity index (χ4v) is 1.79. The minimum absolute atomic E-state index is 0.233. The summed E-state index contributed by atoms with van der Waals surface area (Å²) in [5.74, 6) is -0.471. The first-order chi connectivity index (χ1) is 10.6. The number of para-hydroxylation sites is 1. The smallest absolute Gasteiger partial charge is 0.340 e. The van der Waals surface area contributed by atoms with Crippen LogP contribution in [0.25, 0.3) is 0 Å². The van der Waals surface area contributed by atoms with Gasteiger partial charge >= 0.3 is 5.97 Å². The Morgan fingerprint density at radius 2 is 1.91 bits per heavy atom. The highest BCUT2D eigenvalue weighted by molar-refractivity contribution is 5.98. The number of amides is 1. The number of hydrogen-bond acceptors (Lipinski definition) is 5. The molecule has 1 amide bonds. The van der Waals surface area contributed by atoms with E-state index >= 15 is 0 Å². The maximum atomic E-state index is 11.8. The van der Waals surface area contributed by atoms with E-state index in [1.54, 1.807) is 42.5 Å². The van der Waals surface area contributed by atoms with Crippen LogP contribution in [-0.2, 0) is 9.53 Å². The molecule has 0 bridgehead atoms. The minimum Gasteiger partial charge on any atom is -0.497 e.